The normalized spacial score (nSPS) is 14.8. The van der Waals surface area contributed by atoms with Crippen LogP contribution in [0.5, 0.6) is 0 Å². The zero-order valence-electron chi connectivity index (χ0n) is 26.6. The summed E-state index contributed by atoms with van der Waals surface area (Å²) in [6.07, 6.45) is -1.22. The Bertz CT molecular complexity index is 1990. The number of benzene rings is 1. The molecule has 14 nitrogen and oxygen atoms in total. The number of phosphoric acid groups is 1. The van der Waals surface area contributed by atoms with Gasteiger partial charge in [0, 0.05) is 29.4 Å². The summed E-state index contributed by atoms with van der Waals surface area (Å²) in [7, 11) is -5.09. The number of aryl methyl sites for hydroxylation is 1. The second-order valence-electron chi connectivity index (χ2n) is 12.6. The van der Waals surface area contributed by atoms with Crippen molar-refractivity contribution in [3.8, 4) is 6.07 Å². The largest absolute Gasteiger partial charge is 0.472 e. The molecule has 0 bridgehead atoms. The molecule has 0 aliphatic heterocycles. The van der Waals surface area contributed by atoms with Crippen molar-refractivity contribution in [3.05, 3.63) is 70.1 Å². The predicted molar refractivity (Wildman–Crippen MR) is 170 cm³/mol. The van der Waals surface area contributed by atoms with Gasteiger partial charge in [-0.3, -0.25) is 9.88 Å². The van der Waals surface area contributed by atoms with Crippen molar-refractivity contribution in [2.24, 2.45) is 5.41 Å². The Kier molecular flexibility index (Phi) is 9.93. The predicted octanol–water partition coefficient (Wildman–Crippen LogP) is 6.21. The maximum atomic E-state index is 14.3. The lowest BCUT2D eigenvalue weighted by atomic mass is 9.96. The number of phosphoric ester groups is 1. The number of carbonyl (C=O) groups excluding carboxylic acids is 1. The summed E-state index contributed by atoms with van der Waals surface area (Å²) in [5.41, 5.74) is -0.925. The molecule has 3 aromatic heterocycles. The van der Waals surface area contributed by atoms with Gasteiger partial charge in [-0.1, -0.05) is 43.7 Å². The lowest BCUT2D eigenvalue weighted by Crippen LogP contribution is -2.37. The Balaban J connectivity index is 1.75. The zero-order valence-corrected chi connectivity index (χ0v) is 28.2. The number of nitrogens with zero attached hydrogens (tertiary/aromatic N) is 7. The van der Waals surface area contributed by atoms with E-state index in [0.29, 0.717) is 17.6 Å². The van der Waals surface area contributed by atoms with E-state index in [0.717, 1.165) is 15.6 Å². The number of halogens is 4. The fourth-order valence-electron chi connectivity index (χ4n) is 5.14. The van der Waals surface area contributed by atoms with Gasteiger partial charge in [-0.15, -0.1) is 5.10 Å². The molecule has 0 unspecified atom stereocenters. The number of anilines is 2. The summed E-state index contributed by atoms with van der Waals surface area (Å²) in [6.45, 7) is 6.58. The molecule has 0 radical (unpaired) electrons. The van der Waals surface area contributed by atoms with Crippen molar-refractivity contribution in [3.63, 3.8) is 0 Å². The van der Waals surface area contributed by atoms with Gasteiger partial charge in [0.1, 0.15) is 23.3 Å². The Morgan fingerprint density at radius 3 is 2.59 bits per heavy atom. The number of nitriles is 1. The summed E-state index contributed by atoms with van der Waals surface area (Å²) in [5.74, 6) is -0.846. The van der Waals surface area contributed by atoms with Crippen molar-refractivity contribution in [2.75, 3.05) is 23.6 Å². The van der Waals surface area contributed by atoms with E-state index in [-0.39, 0.29) is 57.0 Å². The number of rotatable bonds is 11. The average Bonchev–Trinajstić information content (AvgIpc) is 3.68. The van der Waals surface area contributed by atoms with Crippen molar-refractivity contribution >= 4 is 47.8 Å². The summed E-state index contributed by atoms with van der Waals surface area (Å²) < 4.78 is 64.3. The van der Waals surface area contributed by atoms with E-state index in [1.165, 1.54) is 37.5 Å². The molecule has 1 aromatic carbocycles. The number of hydrogen-bond acceptors (Lipinski definition) is 10. The summed E-state index contributed by atoms with van der Waals surface area (Å²) in [4.78, 5) is 41.5. The molecule has 1 saturated carbocycles. The third-order valence-electron chi connectivity index (χ3n) is 7.77. The van der Waals surface area contributed by atoms with Crippen LogP contribution in [0.4, 0.5) is 29.3 Å². The van der Waals surface area contributed by atoms with Crippen LogP contribution in [-0.4, -0.2) is 60.6 Å². The highest BCUT2D eigenvalue weighted by Crippen LogP contribution is 2.49. The van der Waals surface area contributed by atoms with Crippen LogP contribution in [0.25, 0.3) is 10.9 Å². The van der Waals surface area contributed by atoms with Gasteiger partial charge in [-0.2, -0.15) is 9.65 Å². The Labute approximate surface area is 283 Å². The highest BCUT2D eigenvalue weighted by molar-refractivity contribution is 7.46. The third-order valence-corrected chi connectivity index (χ3v) is 8.50. The van der Waals surface area contributed by atoms with Crippen molar-refractivity contribution in [1.29, 1.82) is 5.26 Å². The van der Waals surface area contributed by atoms with E-state index in [9.17, 15) is 37.6 Å². The zero-order chi connectivity index (χ0) is 35.9. The molecule has 5 rings (SSSR count). The standard InChI is InChI=1S/C30H31ClF3N8O6P/c1-16-19(5-6-23(32)38-16)26(22-13-41(40-39-22)30(7-8-30)27(33)34)42(28(43)47-15-48-49(44,45)46)18-9-20-24(37-14-29(2,3)4)17(11-35)12-36-25(20)21(31)10-18/h5-6,9-10,12-13,26-27H,7-8,14-15H2,1-4H3,(H,36,37)(H2,44,45,46)/t26-/m0/s1. The smallest absolute Gasteiger partial charge is 0.421 e. The molecular weight excluding hydrogens is 692 g/mol. The minimum absolute atomic E-state index is 0.0195. The molecule has 49 heavy (non-hydrogen) atoms. The summed E-state index contributed by atoms with van der Waals surface area (Å²) >= 11 is 6.73. The van der Waals surface area contributed by atoms with Crippen LogP contribution < -0.4 is 10.2 Å². The van der Waals surface area contributed by atoms with Crippen LogP contribution in [0.15, 0.2) is 36.7 Å². The topological polar surface area (TPSA) is 189 Å². The first kappa shape index (κ1) is 36.0. The highest BCUT2D eigenvalue weighted by Gasteiger charge is 2.54. The van der Waals surface area contributed by atoms with Gasteiger partial charge in [0.05, 0.1) is 33.7 Å². The molecule has 0 saturated heterocycles. The van der Waals surface area contributed by atoms with Gasteiger partial charge < -0.3 is 19.8 Å². The van der Waals surface area contributed by atoms with Gasteiger partial charge in [-0.25, -0.2) is 32.3 Å². The molecule has 1 aliphatic rings. The highest BCUT2D eigenvalue weighted by atomic mass is 35.5. The molecule has 4 aromatic rings. The van der Waals surface area contributed by atoms with E-state index in [2.05, 4.69) is 36.2 Å². The van der Waals surface area contributed by atoms with Crippen molar-refractivity contribution in [2.45, 2.75) is 58.5 Å². The Morgan fingerprint density at radius 1 is 1.29 bits per heavy atom. The molecule has 3 heterocycles. The number of carbonyl (C=O) groups is 1. The van der Waals surface area contributed by atoms with Crippen LogP contribution in [0.2, 0.25) is 5.02 Å². The number of pyridine rings is 2. The maximum absolute atomic E-state index is 14.3. The van der Waals surface area contributed by atoms with Crippen molar-refractivity contribution in [1.82, 2.24) is 25.0 Å². The quantitative estimate of drug-likeness (QED) is 0.0904. The van der Waals surface area contributed by atoms with E-state index in [1.807, 2.05) is 20.8 Å². The van der Waals surface area contributed by atoms with Gasteiger partial charge in [0.2, 0.25) is 12.7 Å². The summed E-state index contributed by atoms with van der Waals surface area (Å²) in [6, 6.07) is 5.81. The van der Waals surface area contributed by atoms with Crippen LogP contribution in [0.1, 0.15) is 62.2 Å². The lowest BCUT2D eigenvalue weighted by Gasteiger charge is -2.31. The second-order valence-corrected chi connectivity index (χ2v) is 14.3. The molecular formula is C30H31ClF3N8O6P. The Hall–Kier alpha value is -4.33. The van der Waals surface area contributed by atoms with Crippen molar-refractivity contribution < 1.29 is 41.6 Å². The van der Waals surface area contributed by atoms with Crippen LogP contribution in [0, 0.1) is 29.6 Å². The molecule has 19 heteroatoms. The first-order valence-corrected chi connectivity index (χ1v) is 16.6. The molecule has 0 spiro atoms. The molecule has 1 aliphatic carbocycles. The van der Waals surface area contributed by atoms with E-state index >= 15 is 0 Å². The fraction of sp³-hybridized carbons (Fsp3) is 0.400. The Morgan fingerprint density at radius 2 is 2.00 bits per heavy atom. The van der Waals surface area contributed by atoms with E-state index in [1.54, 1.807) is 0 Å². The molecule has 1 amide bonds. The SMILES string of the molecule is Cc1nc(F)ccc1[C@@H](c1cn(C2(C(F)F)CC2)nn1)N(C(=O)OCOP(=O)(O)O)c1cc(Cl)c2ncc(C#N)c(NCC(C)(C)C)c2c1. The fourth-order valence-corrected chi connectivity index (χ4v) is 5.60. The average molecular weight is 723 g/mol. The van der Waals surface area contributed by atoms with Crippen LogP contribution in [-0.2, 0) is 19.4 Å². The van der Waals surface area contributed by atoms with Gasteiger partial charge in [0.15, 0.2) is 0 Å². The monoisotopic (exact) mass is 722 g/mol. The first-order chi connectivity index (χ1) is 22.9. The number of ether oxygens (including phenoxy) is 1. The molecule has 1 atom stereocenters. The number of nitrogens with one attached hydrogen (secondary N) is 1. The number of fused-ring (bicyclic) bond motifs is 1. The first-order valence-electron chi connectivity index (χ1n) is 14.7. The maximum Gasteiger partial charge on any atom is 0.472 e. The van der Waals surface area contributed by atoms with Gasteiger partial charge >= 0.3 is 13.9 Å². The van der Waals surface area contributed by atoms with Crippen LogP contribution >= 0.6 is 19.4 Å². The minimum Gasteiger partial charge on any atom is -0.421 e. The number of alkyl halides is 2. The van der Waals surface area contributed by atoms with E-state index < -0.39 is 44.7 Å². The number of aromatic nitrogens is 5. The summed E-state index contributed by atoms with van der Waals surface area (Å²) in [5, 5.41) is 21.6. The lowest BCUT2D eigenvalue weighted by molar-refractivity contribution is 0.0427. The number of amides is 1. The minimum atomic E-state index is -5.09. The second kappa shape index (κ2) is 13.5. The molecule has 260 valence electrons. The molecule has 1 fully saturated rings. The molecule has 3 N–H and O–H groups in total. The third kappa shape index (κ3) is 7.79. The van der Waals surface area contributed by atoms with Gasteiger partial charge in [0.25, 0.3) is 6.43 Å². The van der Waals surface area contributed by atoms with E-state index in [4.69, 9.17) is 16.3 Å². The van der Waals surface area contributed by atoms with Gasteiger partial charge in [-0.05, 0) is 43.4 Å². The van der Waals surface area contributed by atoms with Crippen LogP contribution in [0.3, 0.4) is 0 Å². The number of hydrogen-bond donors (Lipinski definition) is 3.